The van der Waals surface area contributed by atoms with Crippen LogP contribution >= 0.6 is 0 Å². The molecule has 0 saturated carbocycles. The molecule has 1 rings (SSSR count). The number of rotatable bonds is 4. The minimum absolute atomic E-state index is 0.0288. The second kappa shape index (κ2) is 4.60. The number of hydrogen-bond donors (Lipinski definition) is 0. The zero-order valence-electron chi connectivity index (χ0n) is 8.62. The van der Waals surface area contributed by atoms with Gasteiger partial charge >= 0.3 is 6.98 Å². The third-order valence-electron chi connectivity index (χ3n) is 1.87. The van der Waals surface area contributed by atoms with Crippen molar-refractivity contribution in [1.29, 1.82) is 0 Å². The lowest BCUT2D eigenvalue weighted by Gasteiger charge is -2.15. The molecule has 0 atom stereocenters. The molecule has 0 aliphatic carbocycles. The molecule has 0 aromatic heterocycles. The van der Waals surface area contributed by atoms with Crippen LogP contribution in [0.1, 0.15) is 5.56 Å². The minimum atomic E-state index is -5.20. The molecule has 0 heterocycles. The van der Waals surface area contributed by atoms with E-state index in [1.54, 1.807) is 0 Å². The van der Waals surface area contributed by atoms with Gasteiger partial charge < -0.3 is 17.7 Å². The van der Waals surface area contributed by atoms with Gasteiger partial charge in [0.1, 0.15) is 0 Å². The summed E-state index contributed by atoms with van der Waals surface area (Å²) in [6.07, 6.45) is 0. The van der Waals surface area contributed by atoms with E-state index in [4.69, 9.17) is 0 Å². The van der Waals surface area contributed by atoms with Crippen molar-refractivity contribution < 1.29 is 27.0 Å². The predicted octanol–water partition coefficient (Wildman–Crippen LogP) is 2.81. The lowest BCUT2D eigenvalue weighted by Crippen LogP contribution is -2.26. The first-order valence-electron chi connectivity index (χ1n) is 4.49. The summed E-state index contributed by atoms with van der Waals surface area (Å²) in [4.78, 5) is 9.60. The van der Waals surface area contributed by atoms with Gasteiger partial charge in [-0.15, -0.1) is 0 Å². The molecule has 9 heteroatoms. The number of aryl methyl sites for hydroxylation is 1. The van der Waals surface area contributed by atoms with E-state index < -0.39 is 35.7 Å². The average molecular weight is 252 g/mol. The van der Waals surface area contributed by atoms with Gasteiger partial charge in [0.2, 0.25) is 0 Å². The first kappa shape index (κ1) is 13.3. The van der Waals surface area contributed by atoms with Gasteiger partial charge in [0.25, 0.3) is 5.69 Å². The van der Waals surface area contributed by atoms with Gasteiger partial charge in [-0.3, -0.25) is 10.1 Å². The number of ether oxygens (including phenoxy) is 1. The Balaban J connectivity index is 2.96. The summed E-state index contributed by atoms with van der Waals surface area (Å²) in [5.41, 5.74) is -0.478. The third kappa shape index (κ3) is 3.61. The van der Waals surface area contributed by atoms with Crippen LogP contribution in [0.5, 0.6) is 5.75 Å². The van der Waals surface area contributed by atoms with E-state index in [0.29, 0.717) is 6.07 Å². The van der Waals surface area contributed by atoms with Crippen LogP contribution in [0.25, 0.3) is 0 Å². The van der Waals surface area contributed by atoms with Crippen LogP contribution in [0, 0.1) is 22.9 Å². The molecule has 0 N–H and O–H groups in total. The maximum Gasteiger partial charge on any atom is 0.515 e. The van der Waals surface area contributed by atoms with Gasteiger partial charge in [0.05, 0.1) is 17.5 Å². The van der Waals surface area contributed by atoms with Gasteiger partial charge in [0.15, 0.2) is 11.6 Å². The summed E-state index contributed by atoms with van der Waals surface area (Å²) in [5.74, 6) is -1.84. The van der Waals surface area contributed by atoms with Crippen LogP contribution in [-0.4, -0.2) is 18.4 Å². The Kier molecular flexibility index (Phi) is 3.59. The second-order valence-electron chi connectivity index (χ2n) is 3.35. The van der Waals surface area contributed by atoms with Crippen LogP contribution < -0.4 is 4.74 Å². The van der Waals surface area contributed by atoms with Crippen molar-refractivity contribution in [1.82, 2.24) is 0 Å². The molecule has 0 saturated heterocycles. The van der Waals surface area contributed by atoms with Crippen molar-refractivity contribution in [2.45, 2.75) is 6.92 Å². The summed E-state index contributed by atoms with van der Waals surface area (Å²) >= 11 is 0. The van der Waals surface area contributed by atoms with E-state index in [2.05, 4.69) is 4.74 Å². The fourth-order valence-corrected chi connectivity index (χ4v) is 1.14. The van der Waals surface area contributed by atoms with E-state index >= 15 is 0 Å². The Bertz CT molecular complexity index is 449. The Morgan fingerprint density at radius 3 is 2.47 bits per heavy atom. The van der Waals surface area contributed by atoms with Gasteiger partial charge in [-0.05, 0) is 13.0 Å². The van der Waals surface area contributed by atoms with Crippen molar-refractivity contribution in [2.24, 2.45) is 0 Å². The van der Waals surface area contributed by atoms with Crippen molar-refractivity contribution in [2.75, 3.05) is 6.51 Å². The van der Waals surface area contributed by atoms with E-state index in [-0.39, 0.29) is 5.56 Å². The van der Waals surface area contributed by atoms with E-state index in [1.165, 1.54) is 6.92 Å². The molecular formula is C8H7BF4NO3-. The lowest BCUT2D eigenvalue weighted by molar-refractivity contribution is -0.385. The number of hydrogen-bond acceptors (Lipinski definition) is 3. The quantitative estimate of drug-likeness (QED) is 0.358. The summed E-state index contributed by atoms with van der Waals surface area (Å²) in [7, 11) is 0. The van der Waals surface area contributed by atoms with Crippen molar-refractivity contribution in [3.63, 3.8) is 0 Å². The zero-order chi connectivity index (χ0) is 13.2. The maximum absolute atomic E-state index is 13.2. The van der Waals surface area contributed by atoms with Crippen molar-refractivity contribution in [3.05, 3.63) is 33.6 Å². The number of benzene rings is 1. The SMILES string of the molecule is Cc1cc(OC[B-](F)(F)F)c(F)cc1[N+](=O)[O-]. The molecule has 4 nitrogen and oxygen atoms in total. The largest absolute Gasteiger partial charge is 0.519 e. The summed E-state index contributed by atoms with van der Waals surface area (Å²) in [5, 5.41) is 10.4. The highest BCUT2D eigenvalue weighted by Gasteiger charge is 2.25. The van der Waals surface area contributed by atoms with E-state index in [1.807, 2.05) is 0 Å². The summed E-state index contributed by atoms with van der Waals surface area (Å²) < 4.78 is 53.1. The van der Waals surface area contributed by atoms with Gasteiger partial charge in [-0.25, -0.2) is 4.39 Å². The fourth-order valence-electron chi connectivity index (χ4n) is 1.14. The number of halogens is 4. The molecule has 94 valence electrons. The highest BCUT2D eigenvalue weighted by atomic mass is 19.4. The van der Waals surface area contributed by atoms with Gasteiger partial charge in [-0.1, -0.05) is 0 Å². The second-order valence-corrected chi connectivity index (χ2v) is 3.35. The average Bonchev–Trinajstić information content (AvgIpc) is 2.17. The van der Waals surface area contributed by atoms with E-state index in [9.17, 15) is 27.5 Å². The van der Waals surface area contributed by atoms with Crippen molar-refractivity contribution in [3.8, 4) is 5.75 Å². The summed E-state index contributed by atoms with van der Waals surface area (Å²) in [6.45, 7) is -5.51. The van der Waals surface area contributed by atoms with Crippen LogP contribution in [-0.2, 0) is 0 Å². The molecule has 1 aromatic rings. The van der Waals surface area contributed by atoms with Crippen LogP contribution in [0.2, 0.25) is 0 Å². The molecule has 0 fully saturated rings. The Hall–Kier alpha value is -1.80. The van der Waals surface area contributed by atoms with Crippen LogP contribution in [0.3, 0.4) is 0 Å². The Labute approximate surface area is 93.4 Å². The maximum atomic E-state index is 13.2. The monoisotopic (exact) mass is 252 g/mol. The van der Waals surface area contributed by atoms with Crippen LogP contribution in [0.15, 0.2) is 12.1 Å². The first-order valence-corrected chi connectivity index (χ1v) is 4.49. The molecule has 17 heavy (non-hydrogen) atoms. The molecule has 0 radical (unpaired) electrons. The Morgan fingerprint density at radius 2 is 2.00 bits per heavy atom. The number of nitro groups is 1. The molecule has 0 unspecified atom stereocenters. The Morgan fingerprint density at radius 1 is 1.41 bits per heavy atom. The molecule has 1 aromatic carbocycles. The molecule has 0 aliphatic heterocycles. The van der Waals surface area contributed by atoms with Crippen molar-refractivity contribution >= 4 is 12.7 Å². The molecule has 0 amide bonds. The van der Waals surface area contributed by atoms with Gasteiger partial charge in [0, 0.05) is 5.56 Å². The topological polar surface area (TPSA) is 52.4 Å². The predicted molar refractivity (Wildman–Crippen MR) is 52.4 cm³/mol. The fraction of sp³-hybridized carbons (Fsp3) is 0.250. The molecular weight excluding hydrogens is 245 g/mol. The molecule has 0 aliphatic rings. The highest BCUT2D eigenvalue weighted by Crippen LogP contribution is 2.27. The van der Waals surface area contributed by atoms with E-state index in [0.717, 1.165) is 6.07 Å². The standard InChI is InChI=1S/C8H7BF4NO3/c1-5-2-8(17-4-9(11,12)13)6(10)3-7(5)14(15)16/h2-3H,4H2,1H3/q-1. The zero-order valence-corrected chi connectivity index (χ0v) is 8.62. The smallest absolute Gasteiger partial charge is 0.515 e. The highest BCUT2D eigenvalue weighted by molar-refractivity contribution is 6.58. The summed E-state index contributed by atoms with van der Waals surface area (Å²) in [6, 6.07) is 1.41. The third-order valence-corrected chi connectivity index (χ3v) is 1.87. The van der Waals surface area contributed by atoms with Gasteiger partial charge in [-0.2, -0.15) is 0 Å². The number of nitro benzene ring substituents is 1. The molecule has 0 spiro atoms. The normalized spacial score (nSPS) is 11.4. The minimum Gasteiger partial charge on any atom is -0.519 e. The molecule has 0 bridgehead atoms. The lowest BCUT2D eigenvalue weighted by atomic mass is 9.95. The first-order chi connectivity index (χ1) is 7.70. The van der Waals surface area contributed by atoms with Crippen LogP contribution in [0.4, 0.5) is 23.0 Å². The number of nitrogens with zero attached hydrogens (tertiary/aromatic N) is 1.